The summed E-state index contributed by atoms with van der Waals surface area (Å²) in [6, 6.07) is 4.65. The summed E-state index contributed by atoms with van der Waals surface area (Å²) in [5.74, 6) is -0.271. The molecule has 0 aliphatic rings. The highest BCUT2D eigenvalue weighted by molar-refractivity contribution is 5.56. The Kier molecular flexibility index (Phi) is 6.91. The zero-order chi connectivity index (χ0) is 15.1. The van der Waals surface area contributed by atoms with E-state index in [1.165, 1.54) is 12.1 Å². The Morgan fingerprint density at radius 2 is 1.95 bits per heavy atom. The van der Waals surface area contributed by atoms with Gasteiger partial charge >= 0.3 is 0 Å². The first kappa shape index (κ1) is 16.9. The Morgan fingerprint density at radius 3 is 2.50 bits per heavy atom. The number of hydrogen-bond acceptors (Lipinski definition) is 4. The Balaban J connectivity index is 3.11. The molecule has 5 heteroatoms. The van der Waals surface area contributed by atoms with Crippen molar-refractivity contribution in [3.63, 3.8) is 0 Å². The van der Waals surface area contributed by atoms with Gasteiger partial charge in [0.05, 0.1) is 13.2 Å². The van der Waals surface area contributed by atoms with Gasteiger partial charge in [0.15, 0.2) is 0 Å². The molecular formula is C15H25FN2O2. The fourth-order valence-electron chi connectivity index (χ4n) is 2.25. The Hall–Kier alpha value is -1.17. The van der Waals surface area contributed by atoms with Crippen LogP contribution in [0.1, 0.15) is 25.5 Å². The van der Waals surface area contributed by atoms with Gasteiger partial charge in [0.2, 0.25) is 0 Å². The Morgan fingerprint density at radius 1 is 1.25 bits per heavy atom. The quantitative estimate of drug-likeness (QED) is 0.796. The van der Waals surface area contributed by atoms with Gasteiger partial charge in [-0.1, -0.05) is 0 Å². The highest BCUT2D eigenvalue weighted by Gasteiger charge is 2.19. The summed E-state index contributed by atoms with van der Waals surface area (Å²) in [6.07, 6.45) is 0. The van der Waals surface area contributed by atoms with Gasteiger partial charge in [-0.2, -0.15) is 0 Å². The van der Waals surface area contributed by atoms with Crippen LogP contribution in [0.3, 0.4) is 0 Å². The molecule has 0 aliphatic carbocycles. The topological polar surface area (TPSA) is 47.7 Å². The van der Waals surface area contributed by atoms with Crippen LogP contribution in [0, 0.1) is 5.82 Å². The van der Waals surface area contributed by atoms with E-state index in [1.807, 2.05) is 6.92 Å². The lowest BCUT2D eigenvalue weighted by atomic mass is 10.0. The number of anilines is 1. The van der Waals surface area contributed by atoms with Gasteiger partial charge in [0.25, 0.3) is 0 Å². The smallest absolute Gasteiger partial charge is 0.123 e. The first-order valence-corrected chi connectivity index (χ1v) is 6.80. The fraction of sp³-hybridized carbons (Fsp3) is 0.600. The van der Waals surface area contributed by atoms with E-state index in [-0.39, 0.29) is 17.9 Å². The van der Waals surface area contributed by atoms with E-state index in [0.29, 0.717) is 19.8 Å². The molecule has 0 heterocycles. The monoisotopic (exact) mass is 284 g/mol. The van der Waals surface area contributed by atoms with E-state index in [0.717, 1.165) is 11.3 Å². The largest absolute Gasteiger partial charge is 0.383 e. The summed E-state index contributed by atoms with van der Waals surface area (Å²) in [4.78, 5) is 2.14. The van der Waals surface area contributed by atoms with Crippen molar-refractivity contribution in [2.75, 3.05) is 38.9 Å². The summed E-state index contributed by atoms with van der Waals surface area (Å²) in [5.41, 5.74) is 7.70. The number of benzene rings is 1. The zero-order valence-corrected chi connectivity index (χ0v) is 12.7. The molecule has 4 nitrogen and oxygen atoms in total. The molecule has 20 heavy (non-hydrogen) atoms. The van der Waals surface area contributed by atoms with Crippen LogP contribution in [-0.4, -0.2) is 40.0 Å². The molecule has 2 atom stereocenters. The third-order valence-corrected chi connectivity index (χ3v) is 3.27. The molecule has 0 spiro atoms. The third-order valence-electron chi connectivity index (χ3n) is 3.27. The maximum atomic E-state index is 13.4. The van der Waals surface area contributed by atoms with Gasteiger partial charge in [-0.3, -0.25) is 0 Å². The molecule has 0 saturated heterocycles. The molecule has 1 aromatic rings. The van der Waals surface area contributed by atoms with Crippen molar-refractivity contribution in [3.05, 3.63) is 29.6 Å². The minimum Gasteiger partial charge on any atom is -0.383 e. The van der Waals surface area contributed by atoms with Crippen LogP contribution in [0.4, 0.5) is 10.1 Å². The van der Waals surface area contributed by atoms with E-state index in [1.54, 1.807) is 20.3 Å². The van der Waals surface area contributed by atoms with E-state index >= 15 is 0 Å². The van der Waals surface area contributed by atoms with Gasteiger partial charge < -0.3 is 20.1 Å². The van der Waals surface area contributed by atoms with Gasteiger partial charge in [0, 0.05) is 38.5 Å². The normalized spacial score (nSPS) is 14.1. The summed E-state index contributed by atoms with van der Waals surface area (Å²) in [7, 11) is 3.33. The molecule has 0 saturated carbocycles. The first-order chi connectivity index (χ1) is 9.51. The fourth-order valence-corrected chi connectivity index (χ4v) is 2.25. The Labute approximate surface area is 120 Å². The number of rotatable bonds is 8. The van der Waals surface area contributed by atoms with Crippen LogP contribution in [-0.2, 0) is 9.47 Å². The molecular weight excluding hydrogens is 259 g/mol. The highest BCUT2D eigenvalue weighted by Crippen LogP contribution is 2.27. The molecule has 1 unspecified atom stereocenters. The second-order valence-electron chi connectivity index (χ2n) is 4.98. The first-order valence-electron chi connectivity index (χ1n) is 6.80. The van der Waals surface area contributed by atoms with Crippen LogP contribution in [0.25, 0.3) is 0 Å². The predicted octanol–water partition coefficient (Wildman–Crippen LogP) is 2.33. The molecule has 0 radical (unpaired) electrons. The van der Waals surface area contributed by atoms with Crippen molar-refractivity contribution in [2.45, 2.75) is 25.9 Å². The summed E-state index contributed by atoms with van der Waals surface area (Å²) in [6.45, 7) is 5.79. The highest BCUT2D eigenvalue weighted by atomic mass is 19.1. The molecule has 1 aromatic carbocycles. The number of nitrogens with two attached hydrogens (primary N) is 1. The number of methoxy groups -OCH3 is 2. The molecule has 0 fully saturated rings. The van der Waals surface area contributed by atoms with Gasteiger partial charge in [0.1, 0.15) is 5.82 Å². The Bertz CT molecular complexity index is 413. The van der Waals surface area contributed by atoms with Gasteiger partial charge in [-0.25, -0.2) is 4.39 Å². The third kappa shape index (κ3) is 4.44. The average Bonchev–Trinajstić information content (AvgIpc) is 2.40. The number of ether oxygens (including phenoxy) is 2. The average molecular weight is 284 g/mol. The van der Waals surface area contributed by atoms with E-state index in [4.69, 9.17) is 15.2 Å². The summed E-state index contributed by atoms with van der Waals surface area (Å²) in [5, 5.41) is 0. The molecule has 0 bridgehead atoms. The van der Waals surface area contributed by atoms with Crippen molar-refractivity contribution >= 4 is 5.69 Å². The van der Waals surface area contributed by atoms with E-state index in [9.17, 15) is 4.39 Å². The zero-order valence-electron chi connectivity index (χ0n) is 12.7. The summed E-state index contributed by atoms with van der Waals surface area (Å²) < 4.78 is 23.8. The van der Waals surface area contributed by atoms with Gasteiger partial charge in [-0.05, 0) is 37.6 Å². The molecule has 0 amide bonds. The van der Waals surface area contributed by atoms with Crippen LogP contribution in [0.15, 0.2) is 18.2 Å². The predicted molar refractivity (Wildman–Crippen MR) is 79.6 cm³/mol. The minimum absolute atomic E-state index is 0.151. The second-order valence-corrected chi connectivity index (χ2v) is 4.98. The lowest BCUT2D eigenvalue weighted by Crippen LogP contribution is -2.39. The minimum atomic E-state index is -0.271. The molecule has 114 valence electrons. The lowest BCUT2D eigenvalue weighted by molar-refractivity contribution is 0.171. The second kappa shape index (κ2) is 8.19. The molecule has 2 N–H and O–H groups in total. The van der Waals surface area contributed by atoms with Crippen molar-refractivity contribution in [1.82, 2.24) is 0 Å². The maximum absolute atomic E-state index is 13.4. The number of halogens is 1. The van der Waals surface area contributed by atoms with Gasteiger partial charge in [-0.15, -0.1) is 0 Å². The van der Waals surface area contributed by atoms with Crippen molar-refractivity contribution < 1.29 is 13.9 Å². The summed E-state index contributed by atoms with van der Waals surface area (Å²) >= 11 is 0. The van der Waals surface area contributed by atoms with E-state index in [2.05, 4.69) is 11.8 Å². The van der Waals surface area contributed by atoms with Crippen LogP contribution in [0.5, 0.6) is 0 Å². The van der Waals surface area contributed by atoms with Crippen molar-refractivity contribution in [3.8, 4) is 0 Å². The van der Waals surface area contributed by atoms with Crippen molar-refractivity contribution in [1.29, 1.82) is 0 Å². The number of hydrogen-bond donors (Lipinski definition) is 1. The SMILES string of the molecule is COCCN(c1ccc(F)cc1[C@@H](C)N)C(C)COC. The van der Waals surface area contributed by atoms with Crippen molar-refractivity contribution in [2.24, 2.45) is 5.73 Å². The van der Waals surface area contributed by atoms with Crippen LogP contribution in [0.2, 0.25) is 0 Å². The van der Waals surface area contributed by atoms with Crippen LogP contribution >= 0.6 is 0 Å². The lowest BCUT2D eigenvalue weighted by Gasteiger charge is -2.33. The molecule has 0 aromatic heterocycles. The molecule has 1 rings (SSSR count). The van der Waals surface area contributed by atoms with E-state index < -0.39 is 0 Å². The standard InChI is InChI=1S/C15H25FN2O2/c1-11(10-20-4)18(7-8-19-3)15-6-5-13(16)9-14(15)12(2)17/h5-6,9,11-12H,7-8,10,17H2,1-4H3/t11?,12-/m1/s1. The maximum Gasteiger partial charge on any atom is 0.123 e. The molecule has 0 aliphatic heterocycles. The number of nitrogens with zero attached hydrogens (tertiary/aromatic N) is 1. The van der Waals surface area contributed by atoms with Crippen LogP contribution < -0.4 is 10.6 Å².